The van der Waals surface area contributed by atoms with Crippen LogP contribution in [-0.2, 0) is 11.3 Å². The lowest BCUT2D eigenvalue weighted by Gasteiger charge is -2.21. The van der Waals surface area contributed by atoms with E-state index in [0.29, 0.717) is 29.5 Å². The molecule has 0 aliphatic carbocycles. The van der Waals surface area contributed by atoms with Crippen LogP contribution in [0.25, 0.3) is 0 Å². The zero-order valence-corrected chi connectivity index (χ0v) is 14.0. The Kier molecular flexibility index (Phi) is 5.10. The van der Waals surface area contributed by atoms with Crippen LogP contribution in [0.3, 0.4) is 0 Å². The highest BCUT2D eigenvalue weighted by Crippen LogP contribution is 2.24. The molecule has 1 atom stereocenters. The van der Waals surface area contributed by atoms with Gasteiger partial charge < -0.3 is 10.1 Å². The minimum absolute atomic E-state index is 0.00486. The van der Waals surface area contributed by atoms with Crippen molar-refractivity contribution in [2.75, 3.05) is 6.61 Å². The molecule has 1 saturated heterocycles. The fourth-order valence-corrected chi connectivity index (χ4v) is 2.65. The molecule has 3 heterocycles. The molecule has 0 saturated carbocycles. The van der Waals surface area contributed by atoms with Crippen molar-refractivity contribution in [1.82, 2.24) is 25.3 Å². The van der Waals surface area contributed by atoms with Gasteiger partial charge in [-0.1, -0.05) is 0 Å². The van der Waals surface area contributed by atoms with Crippen molar-refractivity contribution < 1.29 is 9.53 Å². The van der Waals surface area contributed by atoms with Crippen molar-refractivity contribution in [3.63, 3.8) is 0 Å². The summed E-state index contributed by atoms with van der Waals surface area (Å²) >= 11 is 0. The lowest BCUT2D eigenvalue weighted by molar-refractivity contribution is 0.00940. The molecule has 1 aliphatic heterocycles. The molecule has 7 nitrogen and oxygen atoms in total. The number of aromatic nitrogens is 4. The van der Waals surface area contributed by atoms with Crippen molar-refractivity contribution in [3.8, 4) is 0 Å². The van der Waals surface area contributed by atoms with Crippen molar-refractivity contribution in [3.05, 3.63) is 47.1 Å². The van der Waals surface area contributed by atoms with Gasteiger partial charge in [-0.2, -0.15) is 0 Å². The van der Waals surface area contributed by atoms with Gasteiger partial charge in [0.15, 0.2) is 5.82 Å². The van der Waals surface area contributed by atoms with E-state index >= 15 is 0 Å². The van der Waals surface area contributed by atoms with Gasteiger partial charge in [-0.25, -0.2) is 19.9 Å². The summed E-state index contributed by atoms with van der Waals surface area (Å²) in [7, 11) is 0. The fourth-order valence-electron chi connectivity index (χ4n) is 2.65. The van der Waals surface area contributed by atoms with Gasteiger partial charge in [0, 0.05) is 37.3 Å². The summed E-state index contributed by atoms with van der Waals surface area (Å²) in [6, 6.07) is 0. The predicted octanol–water partition coefficient (Wildman–Crippen LogP) is 2.06. The first-order chi connectivity index (χ1) is 11.6. The number of hydrogen-bond donors (Lipinski definition) is 1. The number of rotatable bonds is 4. The summed E-state index contributed by atoms with van der Waals surface area (Å²) in [5, 5.41) is 2.84. The second-order valence-electron chi connectivity index (χ2n) is 5.90. The molecule has 1 aliphatic rings. The Labute approximate surface area is 140 Å². The van der Waals surface area contributed by atoms with Gasteiger partial charge in [-0.05, 0) is 33.1 Å². The maximum atomic E-state index is 12.2. The number of nitrogens with one attached hydrogen (secondary N) is 1. The molecule has 24 heavy (non-hydrogen) atoms. The van der Waals surface area contributed by atoms with E-state index < -0.39 is 0 Å². The highest BCUT2D eigenvalue weighted by molar-refractivity contribution is 5.94. The number of ether oxygens (including phenoxy) is 1. The predicted molar refractivity (Wildman–Crippen MR) is 87.3 cm³/mol. The van der Waals surface area contributed by atoms with E-state index in [1.54, 1.807) is 32.4 Å². The van der Waals surface area contributed by atoms with Crippen LogP contribution in [0.5, 0.6) is 0 Å². The number of amides is 1. The van der Waals surface area contributed by atoms with E-state index in [2.05, 4.69) is 25.3 Å². The van der Waals surface area contributed by atoms with Gasteiger partial charge in [0.05, 0.1) is 11.3 Å². The summed E-state index contributed by atoms with van der Waals surface area (Å²) in [5.74, 6) is 1.16. The molecule has 1 N–H and O–H groups in total. The smallest absolute Gasteiger partial charge is 0.254 e. The van der Waals surface area contributed by atoms with Crippen LogP contribution in [0.4, 0.5) is 0 Å². The topological polar surface area (TPSA) is 89.9 Å². The third kappa shape index (κ3) is 3.91. The Morgan fingerprint density at radius 2 is 2.00 bits per heavy atom. The monoisotopic (exact) mass is 327 g/mol. The zero-order valence-electron chi connectivity index (χ0n) is 14.0. The fraction of sp³-hybridized carbons (Fsp3) is 0.471. The summed E-state index contributed by atoms with van der Waals surface area (Å²) in [6.07, 6.45) is 8.22. The van der Waals surface area contributed by atoms with E-state index in [1.807, 2.05) is 0 Å². The van der Waals surface area contributed by atoms with Crippen molar-refractivity contribution in [2.45, 2.75) is 45.8 Å². The number of aryl methyl sites for hydroxylation is 2. The highest BCUT2D eigenvalue weighted by Gasteiger charge is 2.18. The summed E-state index contributed by atoms with van der Waals surface area (Å²) in [6.45, 7) is 4.72. The van der Waals surface area contributed by atoms with Gasteiger partial charge >= 0.3 is 0 Å². The van der Waals surface area contributed by atoms with E-state index in [4.69, 9.17) is 4.74 Å². The Hall–Kier alpha value is -2.41. The van der Waals surface area contributed by atoms with Crippen LogP contribution < -0.4 is 5.32 Å². The molecule has 2 aromatic rings. The number of hydrogen-bond acceptors (Lipinski definition) is 6. The first-order valence-corrected chi connectivity index (χ1v) is 8.14. The Morgan fingerprint density at radius 1 is 1.21 bits per heavy atom. The SMILES string of the molecule is Cc1ncc(C(=O)NCc2cnc(C3CCCCO3)nc2)c(C)n1. The number of nitrogens with zero attached hydrogens (tertiary/aromatic N) is 4. The molecule has 1 unspecified atom stereocenters. The Balaban J connectivity index is 1.59. The first kappa shape index (κ1) is 16.4. The van der Waals surface area contributed by atoms with Crippen LogP contribution in [0.1, 0.15) is 58.6 Å². The minimum Gasteiger partial charge on any atom is -0.370 e. The lowest BCUT2D eigenvalue weighted by atomic mass is 10.1. The van der Waals surface area contributed by atoms with Crippen molar-refractivity contribution >= 4 is 5.91 Å². The second-order valence-corrected chi connectivity index (χ2v) is 5.90. The quantitative estimate of drug-likeness (QED) is 0.924. The van der Waals surface area contributed by atoms with E-state index in [0.717, 1.165) is 31.4 Å². The maximum Gasteiger partial charge on any atom is 0.254 e. The number of carbonyl (C=O) groups excluding carboxylic acids is 1. The molecule has 0 radical (unpaired) electrons. The second kappa shape index (κ2) is 7.44. The third-order valence-electron chi connectivity index (χ3n) is 3.99. The van der Waals surface area contributed by atoms with Crippen LogP contribution in [-0.4, -0.2) is 32.4 Å². The average molecular weight is 327 g/mol. The standard InChI is InChI=1S/C17H21N5O2/c1-11-14(10-18-12(2)22-11)17(23)21-9-13-7-19-16(20-8-13)15-5-3-4-6-24-15/h7-8,10,15H,3-6,9H2,1-2H3,(H,21,23). The minimum atomic E-state index is -0.202. The van der Waals surface area contributed by atoms with Crippen LogP contribution in [0.2, 0.25) is 0 Å². The Bertz CT molecular complexity index is 711. The Morgan fingerprint density at radius 3 is 2.67 bits per heavy atom. The molecular formula is C17H21N5O2. The number of carbonyl (C=O) groups is 1. The van der Waals surface area contributed by atoms with Gasteiger partial charge in [0.25, 0.3) is 5.91 Å². The molecule has 0 aromatic carbocycles. The van der Waals surface area contributed by atoms with Crippen molar-refractivity contribution in [2.24, 2.45) is 0 Å². The molecule has 126 valence electrons. The van der Waals surface area contributed by atoms with Crippen molar-refractivity contribution in [1.29, 1.82) is 0 Å². The normalized spacial score (nSPS) is 17.5. The van der Waals surface area contributed by atoms with Crippen LogP contribution >= 0.6 is 0 Å². The molecule has 1 amide bonds. The summed E-state index contributed by atoms with van der Waals surface area (Å²) in [5.41, 5.74) is 1.99. The largest absolute Gasteiger partial charge is 0.370 e. The molecule has 2 aromatic heterocycles. The van der Waals surface area contributed by atoms with Gasteiger partial charge in [-0.15, -0.1) is 0 Å². The van der Waals surface area contributed by atoms with Crippen LogP contribution in [0, 0.1) is 13.8 Å². The lowest BCUT2D eigenvalue weighted by Crippen LogP contribution is -2.24. The van der Waals surface area contributed by atoms with Gasteiger partial charge in [-0.3, -0.25) is 4.79 Å². The summed E-state index contributed by atoms with van der Waals surface area (Å²) in [4.78, 5) is 29.2. The van der Waals surface area contributed by atoms with Crippen LogP contribution in [0.15, 0.2) is 18.6 Å². The van der Waals surface area contributed by atoms with Gasteiger partial charge in [0.1, 0.15) is 11.9 Å². The van der Waals surface area contributed by atoms with E-state index in [1.165, 1.54) is 0 Å². The van der Waals surface area contributed by atoms with E-state index in [9.17, 15) is 4.79 Å². The molecule has 3 rings (SSSR count). The molecule has 0 bridgehead atoms. The third-order valence-corrected chi connectivity index (χ3v) is 3.99. The molecular weight excluding hydrogens is 306 g/mol. The molecule has 0 spiro atoms. The summed E-state index contributed by atoms with van der Waals surface area (Å²) < 4.78 is 5.67. The maximum absolute atomic E-state index is 12.2. The van der Waals surface area contributed by atoms with E-state index in [-0.39, 0.29) is 12.0 Å². The highest BCUT2D eigenvalue weighted by atomic mass is 16.5. The first-order valence-electron chi connectivity index (χ1n) is 8.14. The molecule has 7 heteroatoms. The van der Waals surface area contributed by atoms with Gasteiger partial charge in [0.2, 0.25) is 0 Å². The zero-order chi connectivity index (χ0) is 16.9. The average Bonchev–Trinajstić information content (AvgIpc) is 2.61. The molecule has 1 fully saturated rings.